The maximum Gasteiger partial charge on any atom is 0.330 e. The highest BCUT2D eigenvalue weighted by atomic mass is 15.9. The fourth-order valence-corrected chi connectivity index (χ4v) is 8.56. The highest BCUT2D eigenvalue weighted by Gasteiger charge is 2.67. The summed E-state index contributed by atoms with van der Waals surface area (Å²) in [6, 6.07) is 43.9. The molecule has 0 N–H and O–H groups in total. The van der Waals surface area contributed by atoms with Gasteiger partial charge in [0.2, 0.25) is 0 Å². The average molecular weight is 554 g/mol. The molecular formula is C30H38B4N8-2. The lowest BCUT2D eigenvalue weighted by Gasteiger charge is -2.78. The van der Waals surface area contributed by atoms with E-state index in [4.69, 9.17) is 0 Å². The van der Waals surface area contributed by atoms with Crippen LogP contribution in [0.25, 0.3) is 0 Å². The largest absolute Gasteiger partial charge is 0.435 e. The predicted octanol–water partition coefficient (Wildman–Crippen LogP) is 0.365. The Labute approximate surface area is 251 Å². The van der Waals surface area contributed by atoms with Gasteiger partial charge in [0, 0.05) is 0 Å². The molecular weight excluding hydrogens is 516 g/mol. The molecule has 0 aliphatic carbocycles. The predicted molar refractivity (Wildman–Crippen MR) is 178 cm³/mol. The van der Waals surface area contributed by atoms with Gasteiger partial charge in [-0.15, -0.1) is 0 Å². The van der Waals surface area contributed by atoms with Crippen LogP contribution in [0.5, 0.6) is 0 Å². The van der Waals surface area contributed by atoms with E-state index in [1.54, 1.807) is 0 Å². The van der Waals surface area contributed by atoms with Gasteiger partial charge in [0.1, 0.15) is 0 Å². The van der Waals surface area contributed by atoms with Crippen molar-refractivity contribution in [3.05, 3.63) is 121 Å². The van der Waals surface area contributed by atoms with Crippen molar-refractivity contribution in [3.63, 3.8) is 0 Å². The van der Waals surface area contributed by atoms with Crippen molar-refractivity contribution in [2.75, 3.05) is 42.3 Å². The molecule has 7 rings (SSSR count). The Balaban J connectivity index is 1.56. The van der Waals surface area contributed by atoms with E-state index in [-0.39, 0.29) is 14.0 Å². The normalized spacial score (nSPS) is 27.1. The number of rotatable bonds is 4. The molecule has 3 saturated heterocycles. The van der Waals surface area contributed by atoms with Gasteiger partial charge in [0.25, 0.3) is 13.1 Å². The maximum atomic E-state index is 2.66. The van der Waals surface area contributed by atoms with Crippen LogP contribution in [-0.2, 0) is 0 Å². The van der Waals surface area contributed by atoms with E-state index in [0.29, 0.717) is 0 Å². The molecule has 42 heavy (non-hydrogen) atoms. The van der Waals surface area contributed by atoms with E-state index in [0.717, 1.165) is 0 Å². The van der Waals surface area contributed by atoms with Gasteiger partial charge in [-0.25, -0.2) is 0 Å². The second kappa shape index (κ2) is 10.2. The molecule has 0 spiro atoms. The van der Waals surface area contributed by atoms with Gasteiger partial charge >= 0.3 is 14.0 Å². The molecule has 0 amide bonds. The summed E-state index contributed by atoms with van der Waals surface area (Å²) >= 11 is 0. The molecule has 0 radical (unpaired) electrons. The lowest BCUT2D eigenvalue weighted by atomic mass is 9.39. The summed E-state index contributed by atoms with van der Waals surface area (Å²) in [5, 5.41) is 0. The second-order valence-corrected chi connectivity index (χ2v) is 12.1. The lowest BCUT2D eigenvalue weighted by molar-refractivity contribution is 0.0963. The Morgan fingerprint density at radius 1 is 0.381 bits per heavy atom. The maximum absolute atomic E-state index is 2.66. The van der Waals surface area contributed by atoms with Crippen LogP contribution in [0, 0.1) is 0 Å². The van der Waals surface area contributed by atoms with Gasteiger partial charge in [-0.2, -0.15) is 10.9 Å². The molecule has 4 aromatic rings. The number of hydrazine groups is 4. The summed E-state index contributed by atoms with van der Waals surface area (Å²) in [5.41, 5.74) is 5.04. The number of fused-ring (bicyclic) bond motifs is 2. The Morgan fingerprint density at radius 2 is 0.667 bits per heavy atom. The Hall–Kier alpha value is -3.18. The molecule has 3 aliphatic rings. The van der Waals surface area contributed by atoms with Crippen LogP contribution >= 0.6 is 0 Å². The van der Waals surface area contributed by atoms with Crippen molar-refractivity contribution in [2.24, 2.45) is 0 Å². The number of benzene rings is 4. The third kappa shape index (κ3) is 3.46. The summed E-state index contributed by atoms with van der Waals surface area (Å²) in [6.07, 6.45) is 0. The number of hydrogen-bond donors (Lipinski definition) is 0. The molecule has 12 heteroatoms. The first-order valence-corrected chi connectivity index (χ1v) is 14.9. The lowest BCUT2D eigenvalue weighted by Crippen LogP contribution is -2.96. The molecule has 0 bridgehead atoms. The van der Waals surface area contributed by atoms with E-state index < -0.39 is 13.1 Å². The molecule has 4 aromatic carbocycles. The van der Waals surface area contributed by atoms with Crippen LogP contribution in [0.3, 0.4) is 0 Å². The third-order valence-electron chi connectivity index (χ3n) is 10.4. The van der Waals surface area contributed by atoms with Crippen molar-refractivity contribution in [1.29, 1.82) is 0 Å². The zero-order valence-corrected chi connectivity index (χ0v) is 25.4. The van der Waals surface area contributed by atoms with Crippen molar-refractivity contribution < 1.29 is 0 Å². The summed E-state index contributed by atoms with van der Waals surface area (Å²) < 4.78 is 0. The van der Waals surface area contributed by atoms with Crippen LogP contribution in [0.2, 0.25) is 0 Å². The third-order valence-corrected chi connectivity index (χ3v) is 10.4. The van der Waals surface area contributed by atoms with Crippen LogP contribution < -0.4 is 21.9 Å². The van der Waals surface area contributed by atoms with Crippen molar-refractivity contribution in [1.82, 2.24) is 39.2 Å². The zero-order chi connectivity index (χ0) is 29.2. The molecule has 0 aromatic heterocycles. The molecule has 3 heterocycles. The first-order valence-electron chi connectivity index (χ1n) is 14.9. The molecule has 3 aliphatic heterocycles. The van der Waals surface area contributed by atoms with Crippen LogP contribution in [-0.4, -0.2) is 109 Å². The Morgan fingerprint density at radius 3 is 0.976 bits per heavy atom. The molecule has 0 unspecified atom stereocenters. The van der Waals surface area contributed by atoms with Gasteiger partial charge in [-0.1, -0.05) is 121 Å². The quantitative estimate of drug-likeness (QED) is 0.335. The first kappa shape index (κ1) is 27.6. The van der Waals surface area contributed by atoms with Gasteiger partial charge in [0.05, 0.1) is 0 Å². The zero-order valence-electron chi connectivity index (χ0n) is 25.4. The fraction of sp³-hybridized carbons (Fsp3) is 0.200. The molecule has 8 nitrogen and oxygen atoms in total. The number of hydrogen-bond acceptors (Lipinski definition) is 8. The van der Waals surface area contributed by atoms with E-state index >= 15 is 0 Å². The Kier molecular flexibility index (Phi) is 6.73. The molecule has 212 valence electrons. The fourth-order valence-electron chi connectivity index (χ4n) is 8.56. The highest BCUT2D eigenvalue weighted by Crippen LogP contribution is 2.43. The van der Waals surface area contributed by atoms with Crippen LogP contribution in [0.1, 0.15) is 0 Å². The van der Waals surface area contributed by atoms with E-state index in [1.165, 1.54) is 21.9 Å². The summed E-state index contributed by atoms with van der Waals surface area (Å²) in [5.74, 6) is 0. The first-order chi connectivity index (χ1) is 20.4. The Bertz CT molecular complexity index is 1420. The van der Waals surface area contributed by atoms with Gasteiger partial charge < -0.3 is 29.3 Å². The van der Waals surface area contributed by atoms with Gasteiger partial charge in [-0.3, -0.25) is 9.84 Å². The standard InChI is InChI=1S/C30H38B4N8/c1-35-31(27-19-11-7-12-20-27)41-33(37(35)3,29-23-15-9-16-24-29)39(5)42-32(28-21-13-8-14-22-28)36(2)38(4)34(42,40(41)6)30-25-17-10-18-26-30/h7-26H,1-6H3/q-2/t33-,34+. The monoisotopic (exact) mass is 554 g/mol. The minimum atomic E-state index is -1.65. The summed E-state index contributed by atoms with van der Waals surface area (Å²) in [7, 11) is 13.5. The van der Waals surface area contributed by atoms with Crippen LogP contribution in [0.4, 0.5) is 0 Å². The smallest absolute Gasteiger partial charge is 0.330 e. The van der Waals surface area contributed by atoms with Crippen molar-refractivity contribution >= 4 is 48.9 Å². The highest BCUT2D eigenvalue weighted by molar-refractivity contribution is 7.03. The number of nitrogens with zero attached hydrogens (tertiary/aromatic N) is 8. The minimum absolute atomic E-state index is 0.0250. The van der Waals surface area contributed by atoms with Crippen molar-refractivity contribution in [3.8, 4) is 0 Å². The molecule has 3 fully saturated rings. The van der Waals surface area contributed by atoms with E-state index in [9.17, 15) is 0 Å². The molecule has 2 atom stereocenters. The summed E-state index contributed by atoms with van der Waals surface area (Å²) in [4.78, 5) is 20.2. The van der Waals surface area contributed by atoms with Crippen LogP contribution in [0.15, 0.2) is 121 Å². The summed E-state index contributed by atoms with van der Waals surface area (Å²) in [6.45, 7) is -3.36. The minimum Gasteiger partial charge on any atom is -0.435 e. The van der Waals surface area contributed by atoms with E-state index in [1.807, 2.05) is 0 Å². The van der Waals surface area contributed by atoms with E-state index in [2.05, 4.69) is 203 Å². The second-order valence-electron chi connectivity index (χ2n) is 12.1. The van der Waals surface area contributed by atoms with Gasteiger partial charge in [-0.05, 0) is 53.2 Å². The van der Waals surface area contributed by atoms with Gasteiger partial charge in [0.15, 0.2) is 0 Å². The topological polar surface area (TPSA) is 25.9 Å². The van der Waals surface area contributed by atoms with Crippen molar-refractivity contribution in [2.45, 2.75) is 0 Å². The SMILES string of the molecule is CN1B(c2ccccc2)N2N(C)[B@@-]3(c4ccccc4)N(C)N(C)B(c4ccccc4)N3N(C)[B@-]2(c2ccccc2)N1C. The average Bonchev–Trinajstić information content (AvgIpc) is 3.43. The molecule has 0 saturated carbocycles.